The van der Waals surface area contributed by atoms with Gasteiger partial charge in [0.05, 0.1) is 12.8 Å². The molecular formula is C29H45N3O3. The Hall–Kier alpha value is -2.44. The molecule has 0 fully saturated rings. The lowest BCUT2D eigenvalue weighted by Gasteiger charge is -2.35. The second-order valence-corrected chi connectivity index (χ2v) is 9.65. The molecule has 0 unspecified atom stereocenters. The van der Waals surface area contributed by atoms with Gasteiger partial charge in [0, 0.05) is 24.7 Å². The summed E-state index contributed by atoms with van der Waals surface area (Å²) in [6.45, 7) is 7.46. The maximum absolute atomic E-state index is 10.2. The first kappa shape index (κ1) is 27.2. The molecule has 2 aromatic rings. The number of phenols is 2. The molecule has 2 aromatic carbocycles. The van der Waals surface area contributed by atoms with Crippen LogP contribution in [0.4, 0.5) is 5.69 Å². The van der Waals surface area contributed by atoms with E-state index in [0.717, 1.165) is 69.0 Å². The van der Waals surface area contributed by atoms with Crippen LogP contribution in [0.1, 0.15) is 63.0 Å². The van der Waals surface area contributed by atoms with Crippen LogP contribution in [-0.4, -0.2) is 61.0 Å². The third-order valence-electron chi connectivity index (χ3n) is 7.09. The molecule has 1 aliphatic carbocycles. The van der Waals surface area contributed by atoms with E-state index in [4.69, 9.17) is 4.74 Å². The highest BCUT2D eigenvalue weighted by Crippen LogP contribution is 2.36. The van der Waals surface area contributed by atoms with Crippen LogP contribution in [0.15, 0.2) is 36.4 Å². The number of phenolic OH excluding ortho intramolecular Hbond substituents is 2. The van der Waals surface area contributed by atoms with E-state index < -0.39 is 0 Å². The lowest BCUT2D eigenvalue weighted by atomic mass is 9.86. The predicted molar refractivity (Wildman–Crippen MR) is 145 cm³/mol. The van der Waals surface area contributed by atoms with Gasteiger partial charge in [-0.3, -0.25) is 0 Å². The molecule has 6 nitrogen and oxygen atoms in total. The van der Waals surface area contributed by atoms with Gasteiger partial charge in [-0.15, -0.1) is 0 Å². The molecule has 0 saturated carbocycles. The number of para-hydroxylation sites is 2. The first-order valence-electron chi connectivity index (χ1n) is 13.5. The lowest BCUT2D eigenvalue weighted by molar-refractivity contribution is 0.175. The van der Waals surface area contributed by atoms with Gasteiger partial charge in [0.15, 0.2) is 11.5 Å². The third-order valence-corrected chi connectivity index (χ3v) is 7.09. The van der Waals surface area contributed by atoms with Gasteiger partial charge >= 0.3 is 0 Å². The molecule has 35 heavy (non-hydrogen) atoms. The summed E-state index contributed by atoms with van der Waals surface area (Å²) in [5, 5.41) is 26.9. The van der Waals surface area contributed by atoms with Crippen LogP contribution >= 0.6 is 0 Å². The summed E-state index contributed by atoms with van der Waals surface area (Å²) in [6, 6.07) is 12.2. The first-order chi connectivity index (χ1) is 17.1. The Morgan fingerprint density at radius 2 is 1.74 bits per heavy atom. The average Bonchev–Trinajstić information content (AvgIpc) is 2.88. The molecular weight excluding hydrogens is 438 g/mol. The fourth-order valence-corrected chi connectivity index (χ4v) is 5.18. The van der Waals surface area contributed by atoms with E-state index >= 15 is 0 Å². The summed E-state index contributed by atoms with van der Waals surface area (Å²) in [6.07, 6.45) is 10.4. The summed E-state index contributed by atoms with van der Waals surface area (Å²) < 4.78 is 5.37. The largest absolute Gasteiger partial charge is 0.504 e. The van der Waals surface area contributed by atoms with Crippen molar-refractivity contribution in [2.75, 3.05) is 45.2 Å². The van der Waals surface area contributed by atoms with Crippen molar-refractivity contribution >= 4 is 5.69 Å². The molecule has 1 atom stereocenters. The van der Waals surface area contributed by atoms with E-state index in [1.807, 2.05) is 30.3 Å². The quantitative estimate of drug-likeness (QED) is 0.191. The average molecular weight is 484 g/mol. The fourth-order valence-electron chi connectivity index (χ4n) is 5.18. The van der Waals surface area contributed by atoms with E-state index in [0.29, 0.717) is 6.04 Å². The standard InChI is InChI=1S/C29H45N3O3/c1-3-20-32(24-14-15-25-23(22-24)13-16-27(33)29(25)34)21-10-6-4-5-9-17-30-18-19-31-26-11-7-8-12-28(26)35-2/h7-8,11-13,16,24,30-31,33-34H,3-6,9-10,14-15,17-22H2,1-2H3/t24-/m0/s1. The molecule has 0 heterocycles. The summed E-state index contributed by atoms with van der Waals surface area (Å²) in [4.78, 5) is 2.66. The van der Waals surface area contributed by atoms with Gasteiger partial charge < -0.3 is 30.5 Å². The van der Waals surface area contributed by atoms with Gasteiger partial charge in [-0.1, -0.05) is 44.4 Å². The summed E-state index contributed by atoms with van der Waals surface area (Å²) in [5.74, 6) is 0.982. The number of hydrogen-bond acceptors (Lipinski definition) is 6. The zero-order valence-electron chi connectivity index (χ0n) is 21.7. The van der Waals surface area contributed by atoms with Crippen molar-refractivity contribution < 1.29 is 14.9 Å². The van der Waals surface area contributed by atoms with E-state index in [-0.39, 0.29) is 11.5 Å². The zero-order chi connectivity index (χ0) is 24.9. The molecule has 0 aliphatic heterocycles. The second-order valence-electron chi connectivity index (χ2n) is 9.65. The highest BCUT2D eigenvalue weighted by Gasteiger charge is 2.26. The predicted octanol–water partition coefficient (Wildman–Crippen LogP) is 5.33. The molecule has 4 N–H and O–H groups in total. The highest BCUT2D eigenvalue weighted by molar-refractivity contribution is 5.56. The Bertz CT molecular complexity index is 889. The fraction of sp³-hybridized carbons (Fsp3) is 0.586. The van der Waals surface area contributed by atoms with Crippen LogP contribution in [0, 0.1) is 0 Å². The van der Waals surface area contributed by atoms with Gasteiger partial charge in [0.2, 0.25) is 0 Å². The summed E-state index contributed by atoms with van der Waals surface area (Å²) >= 11 is 0. The summed E-state index contributed by atoms with van der Waals surface area (Å²) in [5.41, 5.74) is 3.19. The molecule has 0 radical (unpaired) electrons. The number of anilines is 1. The number of nitrogens with one attached hydrogen (secondary N) is 2. The van der Waals surface area contributed by atoms with Crippen LogP contribution in [0.25, 0.3) is 0 Å². The van der Waals surface area contributed by atoms with Gasteiger partial charge in [-0.05, 0) is 81.9 Å². The number of unbranched alkanes of at least 4 members (excludes halogenated alkanes) is 4. The van der Waals surface area contributed by atoms with E-state index in [1.165, 1.54) is 44.1 Å². The smallest absolute Gasteiger partial charge is 0.160 e. The second kappa shape index (κ2) is 14.8. The Morgan fingerprint density at radius 1 is 0.943 bits per heavy atom. The van der Waals surface area contributed by atoms with Gasteiger partial charge in [0.1, 0.15) is 5.75 Å². The monoisotopic (exact) mass is 483 g/mol. The lowest BCUT2D eigenvalue weighted by Crippen LogP contribution is -2.40. The minimum atomic E-state index is 0.00679. The van der Waals surface area contributed by atoms with Crippen molar-refractivity contribution in [1.82, 2.24) is 10.2 Å². The number of hydrogen-bond donors (Lipinski definition) is 4. The van der Waals surface area contributed by atoms with Crippen LogP contribution in [0.2, 0.25) is 0 Å². The zero-order valence-corrected chi connectivity index (χ0v) is 21.7. The molecule has 3 rings (SSSR count). The van der Waals surface area contributed by atoms with Crippen molar-refractivity contribution in [3.63, 3.8) is 0 Å². The Kier molecular flexibility index (Phi) is 11.5. The minimum Gasteiger partial charge on any atom is -0.504 e. The summed E-state index contributed by atoms with van der Waals surface area (Å²) in [7, 11) is 1.70. The molecule has 0 saturated heterocycles. The Balaban J connectivity index is 1.25. The van der Waals surface area contributed by atoms with Gasteiger partial charge in [-0.25, -0.2) is 0 Å². The normalized spacial score (nSPS) is 15.2. The number of benzene rings is 2. The molecule has 194 valence electrons. The molecule has 0 amide bonds. The molecule has 6 heteroatoms. The van der Waals surface area contributed by atoms with E-state index in [2.05, 4.69) is 22.5 Å². The number of rotatable bonds is 16. The third kappa shape index (κ3) is 8.32. The van der Waals surface area contributed by atoms with E-state index in [9.17, 15) is 10.2 Å². The van der Waals surface area contributed by atoms with Crippen LogP contribution in [0.3, 0.4) is 0 Å². The highest BCUT2D eigenvalue weighted by atomic mass is 16.5. The van der Waals surface area contributed by atoms with Crippen molar-refractivity contribution in [1.29, 1.82) is 0 Å². The van der Waals surface area contributed by atoms with Crippen molar-refractivity contribution in [2.24, 2.45) is 0 Å². The Labute approximate surface area is 211 Å². The van der Waals surface area contributed by atoms with Crippen LogP contribution in [0.5, 0.6) is 17.2 Å². The number of ether oxygens (including phenoxy) is 1. The first-order valence-corrected chi connectivity index (χ1v) is 13.5. The number of aromatic hydroxyl groups is 2. The minimum absolute atomic E-state index is 0.00679. The van der Waals surface area contributed by atoms with Crippen LogP contribution < -0.4 is 15.4 Å². The van der Waals surface area contributed by atoms with Crippen molar-refractivity contribution in [3.05, 3.63) is 47.5 Å². The molecule has 0 aromatic heterocycles. The molecule has 1 aliphatic rings. The van der Waals surface area contributed by atoms with Gasteiger partial charge in [-0.2, -0.15) is 0 Å². The maximum atomic E-state index is 10.2. The Morgan fingerprint density at radius 3 is 2.57 bits per heavy atom. The SMILES string of the molecule is CCCN(CCCCCCCNCCNc1ccccc1OC)[C@H]1CCc2c(ccc(O)c2O)C1. The molecule has 0 bridgehead atoms. The topological polar surface area (TPSA) is 77.0 Å². The number of methoxy groups -OCH3 is 1. The van der Waals surface area contributed by atoms with E-state index in [1.54, 1.807) is 13.2 Å². The van der Waals surface area contributed by atoms with Crippen molar-refractivity contribution in [3.8, 4) is 17.2 Å². The van der Waals surface area contributed by atoms with Gasteiger partial charge in [0.25, 0.3) is 0 Å². The molecule has 0 spiro atoms. The van der Waals surface area contributed by atoms with Crippen molar-refractivity contribution in [2.45, 2.75) is 70.8 Å². The number of fused-ring (bicyclic) bond motifs is 1. The van der Waals surface area contributed by atoms with Crippen LogP contribution in [-0.2, 0) is 12.8 Å². The maximum Gasteiger partial charge on any atom is 0.160 e. The number of nitrogens with zero attached hydrogens (tertiary/aromatic N) is 1.